The largest absolute Gasteiger partial charge is 0.379 e. The Kier molecular flexibility index (Phi) is 6.54. The molecule has 32 heavy (non-hydrogen) atoms. The lowest BCUT2D eigenvalue weighted by atomic mass is 10.1. The average molecular weight is 462 g/mol. The molecule has 10 heteroatoms. The second kappa shape index (κ2) is 9.35. The van der Waals surface area contributed by atoms with Crippen LogP contribution in [-0.4, -0.2) is 57.4 Å². The first-order chi connectivity index (χ1) is 15.3. The maximum absolute atomic E-state index is 13.4. The lowest BCUT2D eigenvalue weighted by molar-refractivity contribution is -0.121. The summed E-state index contributed by atoms with van der Waals surface area (Å²) in [5.74, 6) is -1.17. The Morgan fingerprint density at radius 3 is 2.62 bits per heavy atom. The van der Waals surface area contributed by atoms with Gasteiger partial charge >= 0.3 is 0 Å². The van der Waals surface area contributed by atoms with E-state index in [0.717, 1.165) is 0 Å². The molecule has 0 bridgehead atoms. The normalized spacial score (nSPS) is 17.5. The number of hydrogen-bond donors (Lipinski definition) is 1. The summed E-state index contributed by atoms with van der Waals surface area (Å²) in [6.45, 7) is 1.05. The predicted octanol–water partition coefficient (Wildman–Crippen LogP) is 2.15. The Morgan fingerprint density at radius 2 is 1.88 bits per heavy atom. The predicted molar refractivity (Wildman–Crippen MR) is 116 cm³/mol. The van der Waals surface area contributed by atoms with E-state index in [1.54, 1.807) is 18.2 Å². The molecular formula is C22H24FN3O5S. The summed E-state index contributed by atoms with van der Waals surface area (Å²) in [7, 11) is -3.67. The number of amides is 2. The lowest BCUT2D eigenvalue weighted by Gasteiger charge is -2.27. The first-order valence-corrected chi connectivity index (χ1v) is 11.9. The van der Waals surface area contributed by atoms with Gasteiger partial charge in [-0.05, 0) is 54.8 Å². The highest BCUT2D eigenvalue weighted by Crippen LogP contribution is 2.30. The molecule has 0 radical (unpaired) electrons. The van der Waals surface area contributed by atoms with Crippen LogP contribution in [-0.2, 0) is 30.8 Å². The highest BCUT2D eigenvalue weighted by Gasteiger charge is 2.29. The molecule has 0 aromatic heterocycles. The third kappa shape index (κ3) is 4.82. The third-order valence-corrected chi connectivity index (χ3v) is 7.39. The Bertz CT molecular complexity index is 1130. The van der Waals surface area contributed by atoms with Crippen LogP contribution >= 0.6 is 0 Å². The first-order valence-electron chi connectivity index (χ1n) is 10.4. The molecule has 170 valence electrons. The molecule has 0 aliphatic carbocycles. The minimum absolute atomic E-state index is 0.164. The number of carbonyl (C=O) groups excluding carboxylic acids is 2. The fourth-order valence-corrected chi connectivity index (χ4v) is 5.36. The molecule has 1 N–H and O–H groups in total. The summed E-state index contributed by atoms with van der Waals surface area (Å²) in [6, 6.07) is 10.2. The van der Waals surface area contributed by atoms with E-state index in [1.807, 2.05) is 0 Å². The van der Waals surface area contributed by atoms with Crippen molar-refractivity contribution >= 4 is 33.2 Å². The minimum atomic E-state index is -3.67. The molecule has 8 nitrogen and oxygen atoms in total. The molecule has 2 amide bonds. The molecule has 0 spiro atoms. The molecule has 4 rings (SSSR count). The SMILES string of the molecule is O=C(CN1C(=O)CCCc2cc(S(=O)(=O)N3CCOCC3)ccc21)Nc1cccc(F)c1. The maximum atomic E-state index is 13.4. The van der Waals surface area contributed by atoms with Crippen LogP contribution in [0.3, 0.4) is 0 Å². The summed E-state index contributed by atoms with van der Waals surface area (Å²) in [6.07, 6.45) is 1.32. The van der Waals surface area contributed by atoms with Crippen LogP contribution in [0.4, 0.5) is 15.8 Å². The van der Waals surface area contributed by atoms with Crippen molar-refractivity contribution in [2.75, 3.05) is 43.1 Å². The number of nitrogens with zero attached hydrogens (tertiary/aromatic N) is 2. The van der Waals surface area contributed by atoms with Crippen molar-refractivity contribution in [1.82, 2.24) is 4.31 Å². The topological polar surface area (TPSA) is 96.0 Å². The number of carbonyl (C=O) groups is 2. The van der Waals surface area contributed by atoms with Crippen LogP contribution in [0.25, 0.3) is 0 Å². The second-order valence-corrected chi connectivity index (χ2v) is 9.64. The van der Waals surface area contributed by atoms with E-state index in [4.69, 9.17) is 4.74 Å². The van der Waals surface area contributed by atoms with E-state index in [9.17, 15) is 22.4 Å². The summed E-state index contributed by atoms with van der Waals surface area (Å²) in [5.41, 5.74) is 1.51. The number of ether oxygens (including phenoxy) is 1. The zero-order valence-corrected chi connectivity index (χ0v) is 18.2. The quantitative estimate of drug-likeness (QED) is 0.736. The van der Waals surface area contributed by atoms with Crippen molar-refractivity contribution < 1.29 is 27.1 Å². The van der Waals surface area contributed by atoms with Gasteiger partial charge in [0, 0.05) is 30.9 Å². The van der Waals surface area contributed by atoms with E-state index in [-0.39, 0.29) is 23.8 Å². The number of hydrogen-bond acceptors (Lipinski definition) is 5. The van der Waals surface area contributed by atoms with Gasteiger partial charge in [-0.25, -0.2) is 12.8 Å². The molecule has 2 aromatic rings. The molecule has 1 saturated heterocycles. The van der Waals surface area contributed by atoms with Crippen LogP contribution in [0.5, 0.6) is 0 Å². The molecule has 0 unspecified atom stereocenters. The number of morpholine rings is 1. The minimum Gasteiger partial charge on any atom is -0.379 e. The number of rotatable bonds is 5. The van der Waals surface area contributed by atoms with E-state index >= 15 is 0 Å². The van der Waals surface area contributed by atoms with Gasteiger partial charge in [-0.15, -0.1) is 0 Å². The van der Waals surface area contributed by atoms with E-state index < -0.39 is 21.7 Å². The number of halogens is 1. The fraction of sp³-hybridized carbons (Fsp3) is 0.364. The molecule has 2 heterocycles. The van der Waals surface area contributed by atoms with Crippen LogP contribution in [0, 0.1) is 5.82 Å². The zero-order valence-electron chi connectivity index (χ0n) is 17.4. The molecule has 2 aliphatic rings. The van der Waals surface area contributed by atoms with Crippen molar-refractivity contribution in [3.8, 4) is 0 Å². The van der Waals surface area contributed by atoms with E-state index in [2.05, 4.69) is 5.32 Å². The summed E-state index contributed by atoms with van der Waals surface area (Å²) >= 11 is 0. The van der Waals surface area contributed by atoms with Gasteiger partial charge in [-0.1, -0.05) is 6.07 Å². The van der Waals surface area contributed by atoms with Crippen LogP contribution in [0.15, 0.2) is 47.4 Å². The van der Waals surface area contributed by atoms with Gasteiger partial charge in [-0.3, -0.25) is 9.59 Å². The Hall–Kier alpha value is -2.82. The van der Waals surface area contributed by atoms with Crippen molar-refractivity contribution in [3.63, 3.8) is 0 Å². The van der Waals surface area contributed by atoms with Crippen LogP contribution in [0.1, 0.15) is 18.4 Å². The zero-order chi connectivity index (χ0) is 22.7. The molecule has 1 fully saturated rings. The summed E-state index contributed by atoms with van der Waals surface area (Å²) < 4.78 is 46.0. The molecule has 2 aromatic carbocycles. The monoisotopic (exact) mass is 461 g/mol. The van der Waals surface area contributed by atoms with Crippen LogP contribution in [0.2, 0.25) is 0 Å². The number of anilines is 2. The maximum Gasteiger partial charge on any atom is 0.244 e. The molecular weight excluding hydrogens is 437 g/mol. The van der Waals surface area contributed by atoms with Gasteiger partial charge < -0.3 is 15.0 Å². The summed E-state index contributed by atoms with van der Waals surface area (Å²) in [5, 5.41) is 2.59. The Balaban J connectivity index is 1.57. The molecule has 0 saturated carbocycles. The van der Waals surface area contributed by atoms with Gasteiger partial charge in [0.15, 0.2) is 0 Å². The average Bonchev–Trinajstić information content (AvgIpc) is 2.92. The highest BCUT2D eigenvalue weighted by atomic mass is 32.2. The third-order valence-electron chi connectivity index (χ3n) is 5.50. The van der Waals surface area contributed by atoms with Gasteiger partial charge in [0.2, 0.25) is 21.8 Å². The van der Waals surface area contributed by atoms with Gasteiger partial charge in [-0.2, -0.15) is 4.31 Å². The molecule has 2 aliphatic heterocycles. The number of nitrogens with one attached hydrogen (secondary N) is 1. The number of aryl methyl sites for hydroxylation is 1. The fourth-order valence-electron chi connectivity index (χ4n) is 3.90. The van der Waals surface area contributed by atoms with Crippen molar-refractivity contribution in [2.45, 2.75) is 24.2 Å². The standard InChI is InChI=1S/C22H24FN3O5S/c23-17-4-2-5-18(14-17)24-21(27)15-26-20-8-7-19(13-16(20)3-1-6-22(26)28)32(29,30)25-9-11-31-12-10-25/h2,4-5,7-8,13-14H,1,3,6,9-12,15H2,(H,24,27). The smallest absolute Gasteiger partial charge is 0.244 e. The van der Waals surface area contributed by atoms with Gasteiger partial charge in [0.05, 0.1) is 18.1 Å². The Labute approximate surface area is 186 Å². The number of benzene rings is 2. The summed E-state index contributed by atoms with van der Waals surface area (Å²) in [4.78, 5) is 26.8. The number of fused-ring (bicyclic) bond motifs is 1. The van der Waals surface area contributed by atoms with Crippen molar-refractivity contribution in [2.24, 2.45) is 0 Å². The lowest BCUT2D eigenvalue weighted by Crippen LogP contribution is -2.40. The van der Waals surface area contributed by atoms with Gasteiger partial charge in [0.1, 0.15) is 12.4 Å². The van der Waals surface area contributed by atoms with Crippen molar-refractivity contribution in [1.29, 1.82) is 0 Å². The Morgan fingerprint density at radius 1 is 1.09 bits per heavy atom. The highest BCUT2D eigenvalue weighted by molar-refractivity contribution is 7.89. The number of sulfonamides is 1. The van der Waals surface area contributed by atoms with E-state index in [1.165, 1.54) is 33.5 Å². The first kappa shape index (κ1) is 22.4. The van der Waals surface area contributed by atoms with Gasteiger partial charge in [0.25, 0.3) is 0 Å². The van der Waals surface area contributed by atoms with E-state index in [0.29, 0.717) is 56.1 Å². The van der Waals surface area contributed by atoms with Crippen molar-refractivity contribution in [3.05, 3.63) is 53.8 Å². The van der Waals surface area contributed by atoms with Crippen LogP contribution < -0.4 is 10.2 Å². The second-order valence-electron chi connectivity index (χ2n) is 7.70. The molecule has 0 atom stereocenters.